The molecular formula is C28H29N5O10S. The second-order valence-electron chi connectivity index (χ2n) is 8.93. The van der Waals surface area contributed by atoms with Crippen molar-refractivity contribution < 1.29 is 46.9 Å². The summed E-state index contributed by atoms with van der Waals surface area (Å²) >= 11 is 0. The number of hydrazone groups is 1. The van der Waals surface area contributed by atoms with E-state index in [0.29, 0.717) is 17.1 Å². The summed E-state index contributed by atoms with van der Waals surface area (Å²) in [7, 11) is -2.11. The molecule has 0 heterocycles. The number of rotatable bonds is 13. The molecule has 0 saturated heterocycles. The molecule has 6 N–H and O–H groups in total. The van der Waals surface area contributed by atoms with Gasteiger partial charge < -0.3 is 34.9 Å². The summed E-state index contributed by atoms with van der Waals surface area (Å²) < 4.78 is 55.9. The molecule has 0 spiro atoms. The van der Waals surface area contributed by atoms with Gasteiger partial charge in [0, 0.05) is 29.4 Å². The van der Waals surface area contributed by atoms with Crippen molar-refractivity contribution in [1.82, 2.24) is 0 Å². The Labute approximate surface area is 252 Å². The lowest BCUT2D eigenvalue weighted by Gasteiger charge is -2.17. The smallest absolute Gasteiger partial charge is 0.296 e. The molecule has 0 fully saturated rings. The molecule has 0 atom stereocenters. The van der Waals surface area contributed by atoms with Crippen LogP contribution in [0.25, 0.3) is 6.08 Å². The van der Waals surface area contributed by atoms with Gasteiger partial charge in [0.15, 0.2) is 11.5 Å². The van der Waals surface area contributed by atoms with Crippen LogP contribution in [-0.2, 0) is 10.1 Å². The molecule has 0 amide bonds. The van der Waals surface area contributed by atoms with Crippen molar-refractivity contribution >= 4 is 50.4 Å². The van der Waals surface area contributed by atoms with E-state index in [0.717, 1.165) is 6.08 Å². The van der Waals surface area contributed by atoms with Crippen molar-refractivity contribution in [3.8, 4) is 23.0 Å². The highest BCUT2D eigenvalue weighted by Gasteiger charge is 2.33. The third-order valence-electron chi connectivity index (χ3n) is 6.03. The van der Waals surface area contributed by atoms with Crippen LogP contribution in [0.4, 0.5) is 22.7 Å². The lowest BCUT2D eigenvalue weighted by atomic mass is 9.94. The topological polar surface area (TPSA) is 224 Å². The van der Waals surface area contributed by atoms with Crippen molar-refractivity contribution in [2.45, 2.75) is 0 Å². The third-order valence-corrected chi connectivity index (χ3v) is 6.89. The van der Waals surface area contributed by atoms with Crippen molar-refractivity contribution in [2.75, 3.05) is 51.8 Å². The number of nitrogens with two attached hydrogens (primary N) is 1. The monoisotopic (exact) mass is 627 g/mol. The minimum atomic E-state index is -4.85. The van der Waals surface area contributed by atoms with Gasteiger partial charge in [0.1, 0.15) is 52.4 Å². The number of fused-ring (bicyclic) bond motifs is 1. The number of hydrogen-bond acceptors (Lipinski definition) is 14. The lowest BCUT2D eigenvalue weighted by Crippen LogP contribution is -2.27. The number of carbonyl (C=O) groups is 1. The molecule has 0 aromatic heterocycles. The highest BCUT2D eigenvalue weighted by atomic mass is 32.2. The van der Waals surface area contributed by atoms with E-state index < -0.39 is 26.5 Å². The van der Waals surface area contributed by atoms with E-state index in [1.165, 1.54) is 44.6 Å². The van der Waals surface area contributed by atoms with Gasteiger partial charge in [0.2, 0.25) is 5.78 Å². The van der Waals surface area contributed by atoms with E-state index in [4.69, 9.17) is 29.8 Å². The molecular weight excluding hydrogens is 598 g/mol. The largest absolute Gasteiger partial charge is 0.494 e. The van der Waals surface area contributed by atoms with Crippen molar-refractivity contribution in [3.63, 3.8) is 0 Å². The van der Waals surface area contributed by atoms with E-state index in [9.17, 15) is 22.9 Å². The number of nitrogens with zero attached hydrogens (tertiary/aromatic N) is 3. The first-order valence-corrected chi connectivity index (χ1v) is 14.3. The summed E-state index contributed by atoms with van der Waals surface area (Å²) in [4.78, 5) is 12.5. The van der Waals surface area contributed by atoms with Gasteiger partial charge in [-0.2, -0.15) is 13.5 Å². The number of hydrogen-bond donors (Lipinski definition) is 5. The van der Waals surface area contributed by atoms with Crippen LogP contribution in [-0.4, -0.2) is 75.3 Å². The Morgan fingerprint density at radius 2 is 1.57 bits per heavy atom. The molecule has 0 saturated carbocycles. The quantitative estimate of drug-likeness (QED) is 0.0796. The van der Waals surface area contributed by atoms with Crippen molar-refractivity contribution in [1.29, 1.82) is 0 Å². The highest BCUT2D eigenvalue weighted by Crippen LogP contribution is 2.40. The molecule has 16 heteroatoms. The number of nitrogen functional groups attached to an aromatic ring is 1. The zero-order valence-electron chi connectivity index (χ0n) is 23.6. The second kappa shape index (κ2) is 14.0. The van der Waals surface area contributed by atoms with Crippen LogP contribution in [0.5, 0.6) is 23.0 Å². The van der Waals surface area contributed by atoms with Gasteiger partial charge in [-0.3, -0.25) is 14.8 Å². The van der Waals surface area contributed by atoms with E-state index in [2.05, 4.69) is 20.8 Å². The Hall–Kier alpha value is -5.03. The number of anilines is 2. The van der Waals surface area contributed by atoms with Gasteiger partial charge in [0.25, 0.3) is 10.1 Å². The summed E-state index contributed by atoms with van der Waals surface area (Å²) in [5.41, 5.74) is 9.15. The number of azo groups is 1. The van der Waals surface area contributed by atoms with Gasteiger partial charge in [0.05, 0.1) is 27.4 Å². The number of methoxy groups -OCH3 is 2. The number of nitrogens with one attached hydrogen (secondary N) is 1. The first-order valence-electron chi connectivity index (χ1n) is 12.9. The number of allylic oxidation sites excluding steroid dienone is 1. The standard InChI is InChI=1S/C28H29N5O10S/c1-40-23-15-22(32-33-27-26(44(37,38)39)12-16-11-17(29)3-5-19(16)28(27)36)24(41-2)14-21(23)31-30-20-6-4-18(42-9-7-34)13-25(20)43-10-8-35/h3-6,11-15,32,34-35H,7-10,29H2,1-2H3,(H,37,38,39)/b31-30+,33-27-. The maximum Gasteiger partial charge on any atom is 0.296 e. The van der Waals surface area contributed by atoms with Gasteiger partial charge in [-0.1, -0.05) is 0 Å². The lowest BCUT2D eigenvalue weighted by molar-refractivity contribution is 0.106. The molecule has 0 aliphatic heterocycles. The van der Waals surface area contributed by atoms with E-state index in [-0.39, 0.29) is 66.2 Å². The molecule has 232 valence electrons. The van der Waals surface area contributed by atoms with Crippen molar-refractivity contribution in [2.24, 2.45) is 15.3 Å². The van der Waals surface area contributed by atoms with E-state index in [1.807, 2.05) is 0 Å². The summed E-state index contributed by atoms with van der Waals surface area (Å²) in [6.07, 6.45) is 1.11. The zero-order valence-corrected chi connectivity index (χ0v) is 24.4. The van der Waals surface area contributed by atoms with Crippen LogP contribution in [0.15, 0.2) is 68.8 Å². The summed E-state index contributed by atoms with van der Waals surface area (Å²) in [6, 6.07) is 11.9. The number of carbonyl (C=O) groups excluding carboxylic acids is 1. The third kappa shape index (κ3) is 7.30. The maximum atomic E-state index is 13.2. The molecule has 4 rings (SSSR count). The Morgan fingerprint density at radius 1 is 0.864 bits per heavy atom. The molecule has 44 heavy (non-hydrogen) atoms. The van der Waals surface area contributed by atoms with Crippen LogP contribution < -0.4 is 30.1 Å². The Balaban J connectivity index is 1.68. The fourth-order valence-electron chi connectivity index (χ4n) is 4.03. The predicted molar refractivity (Wildman–Crippen MR) is 161 cm³/mol. The number of aliphatic hydroxyl groups excluding tert-OH is 2. The molecule has 0 unspecified atom stereocenters. The fourth-order valence-corrected chi connectivity index (χ4v) is 4.69. The maximum absolute atomic E-state index is 13.2. The van der Waals surface area contributed by atoms with E-state index in [1.54, 1.807) is 18.2 Å². The van der Waals surface area contributed by atoms with Crippen LogP contribution in [0.3, 0.4) is 0 Å². The average molecular weight is 628 g/mol. The predicted octanol–water partition coefficient (Wildman–Crippen LogP) is 3.34. The first kappa shape index (κ1) is 31.9. The minimum absolute atomic E-state index is 0.0113. The van der Waals surface area contributed by atoms with Gasteiger partial charge >= 0.3 is 0 Å². The van der Waals surface area contributed by atoms with Crippen molar-refractivity contribution in [3.05, 3.63) is 64.6 Å². The summed E-state index contributed by atoms with van der Waals surface area (Å²) in [6.45, 7) is -0.350. The highest BCUT2D eigenvalue weighted by molar-refractivity contribution is 7.91. The number of ether oxygens (including phenoxy) is 4. The second-order valence-corrected chi connectivity index (χ2v) is 10.3. The molecule has 1 aliphatic rings. The van der Waals surface area contributed by atoms with Crippen LogP contribution >= 0.6 is 0 Å². The fraction of sp³-hybridized carbons (Fsp3) is 0.214. The van der Waals surface area contributed by atoms with Gasteiger partial charge in [-0.25, -0.2) is 0 Å². The molecule has 0 radical (unpaired) electrons. The van der Waals surface area contributed by atoms with Gasteiger partial charge in [-0.15, -0.1) is 10.2 Å². The molecule has 3 aromatic rings. The number of aliphatic hydroxyl groups is 2. The number of benzene rings is 3. The van der Waals surface area contributed by atoms with Crippen LogP contribution in [0.1, 0.15) is 15.9 Å². The summed E-state index contributed by atoms with van der Waals surface area (Å²) in [5.74, 6) is 0.286. The SMILES string of the molecule is COc1cc(N/N=C2\C(=O)c3ccc(N)cc3C=C2S(=O)(=O)O)c(OC)cc1/N=N/c1ccc(OCCO)cc1OCCO. The van der Waals surface area contributed by atoms with E-state index >= 15 is 0 Å². The molecule has 3 aromatic carbocycles. The van der Waals surface area contributed by atoms with Crippen LogP contribution in [0.2, 0.25) is 0 Å². The zero-order chi connectivity index (χ0) is 31.9. The normalized spacial score (nSPS) is 13.9. The molecule has 1 aliphatic carbocycles. The van der Waals surface area contributed by atoms with Crippen LogP contribution in [0, 0.1) is 0 Å². The Kier molecular flexibility index (Phi) is 10.1. The molecule has 0 bridgehead atoms. The Bertz CT molecular complexity index is 1760. The summed E-state index contributed by atoms with van der Waals surface area (Å²) in [5, 5.41) is 30.7. The number of ketones is 1. The number of Topliss-reactive ketones (excluding diaryl/α,β-unsaturated/α-hetero) is 1. The first-order chi connectivity index (χ1) is 21.1. The average Bonchev–Trinajstić information content (AvgIpc) is 3.00. The van der Waals surface area contributed by atoms with Gasteiger partial charge in [-0.05, 0) is 42.0 Å². The molecule has 15 nitrogen and oxygen atoms in total. The Morgan fingerprint density at radius 3 is 2.25 bits per heavy atom. The minimum Gasteiger partial charge on any atom is -0.494 e.